The van der Waals surface area contributed by atoms with Crippen LogP contribution in [-0.2, 0) is 0 Å². The highest BCUT2D eigenvalue weighted by Gasteiger charge is 2.21. The van der Waals surface area contributed by atoms with Crippen molar-refractivity contribution in [2.75, 3.05) is 0 Å². The molecule has 1 heterocycles. The van der Waals surface area contributed by atoms with E-state index in [0.29, 0.717) is 17.5 Å². The molecule has 0 aliphatic carbocycles. The van der Waals surface area contributed by atoms with Crippen LogP contribution in [0.4, 0.5) is 0 Å². The molecule has 0 fully saturated rings. The van der Waals surface area contributed by atoms with Gasteiger partial charge in [-0.3, -0.25) is 0 Å². The van der Waals surface area contributed by atoms with Crippen LogP contribution in [0.5, 0.6) is 0 Å². The van der Waals surface area contributed by atoms with E-state index >= 15 is 0 Å². The smallest absolute Gasteiger partial charge is 0.165 e. The first-order chi connectivity index (χ1) is 23.8. The summed E-state index contributed by atoms with van der Waals surface area (Å²) in [7, 11) is 0. The quantitative estimate of drug-likeness (QED) is 0.187. The van der Waals surface area contributed by atoms with Gasteiger partial charge in [0, 0.05) is 16.7 Å². The van der Waals surface area contributed by atoms with Gasteiger partial charge in [-0.15, -0.1) is 0 Å². The third-order valence-electron chi connectivity index (χ3n) is 9.62. The van der Waals surface area contributed by atoms with Gasteiger partial charge in [0.2, 0.25) is 0 Å². The molecule has 10 rings (SSSR count). The molecule has 9 aromatic carbocycles. The lowest BCUT2D eigenvalue weighted by molar-refractivity contribution is 1.09. The molecule has 222 valence electrons. The lowest BCUT2D eigenvalue weighted by Gasteiger charge is -2.16. The molecule has 0 amide bonds. The van der Waals surface area contributed by atoms with Crippen molar-refractivity contribution in [2.45, 2.75) is 0 Å². The second kappa shape index (κ2) is 10.5. The zero-order chi connectivity index (χ0) is 31.6. The third-order valence-corrected chi connectivity index (χ3v) is 9.62. The maximum atomic E-state index is 5.44. The highest BCUT2D eigenvalue weighted by atomic mass is 15.0. The maximum Gasteiger partial charge on any atom is 0.165 e. The Morgan fingerprint density at radius 3 is 0.625 bits per heavy atom. The zero-order valence-corrected chi connectivity index (χ0v) is 25.9. The Bertz CT molecular complexity index is 2420. The summed E-state index contributed by atoms with van der Waals surface area (Å²) < 4.78 is 0. The predicted octanol–water partition coefficient (Wildman–Crippen LogP) is 11.8. The number of benzene rings is 9. The van der Waals surface area contributed by atoms with Crippen LogP contribution in [0.3, 0.4) is 0 Å². The van der Waals surface area contributed by atoms with Crippen molar-refractivity contribution >= 4 is 64.6 Å². The van der Waals surface area contributed by atoms with Crippen LogP contribution in [-0.4, -0.2) is 15.0 Å². The van der Waals surface area contributed by atoms with Crippen LogP contribution < -0.4 is 0 Å². The summed E-state index contributed by atoms with van der Waals surface area (Å²) in [6.45, 7) is 0. The summed E-state index contributed by atoms with van der Waals surface area (Å²) in [5.74, 6) is 1.99. The fourth-order valence-corrected chi connectivity index (χ4v) is 7.48. The van der Waals surface area contributed by atoms with Gasteiger partial charge in [-0.2, -0.15) is 0 Å². The molecular weight excluding hydrogens is 583 g/mol. The molecule has 0 atom stereocenters. The molecular formula is C45H27N3. The van der Waals surface area contributed by atoms with Gasteiger partial charge < -0.3 is 0 Å². The number of hydrogen-bond donors (Lipinski definition) is 0. The van der Waals surface area contributed by atoms with Crippen molar-refractivity contribution in [1.29, 1.82) is 0 Å². The fraction of sp³-hybridized carbons (Fsp3) is 0. The summed E-state index contributed by atoms with van der Waals surface area (Å²) >= 11 is 0. The molecule has 0 saturated heterocycles. The van der Waals surface area contributed by atoms with Crippen LogP contribution in [0, 0.1) is 0 Å². The number of fused-ring (bicyclic) bond motifs is 6. The van der Waals surface area contributed by atoms with Crippen molar-refractivity contribution in [1.82, 2.24) is 15.0 Å². The Labute approximate surface area is 276 Å². The SMILES string of the molecule is c1ccc2c(-c3nc(-c4c5ccccc5cc5ccccc45)nc(-c4c5ccccc5cc5ccccc45)n3)c3ccccc3cc2c1. The van der Waals surface area contributed by atoms with Crippen LogP contribution in [0.25, 0.3) is 98.8 Å². The first-order valence-corrected chi connectivity index (χ1v) is 16.3. The molecule has 0 aliphatic heterocycles. The average Bonchev–Trinajstić information content (AvgIpc) is 3.14. The second-order valence-electron chi connectivity index (χ2n) is 12.4. The summed E-state index contributed by atoms with van der Waals surface area (Å²) in [5, 5.41) is 13.6. The van der Waals surface area contributed by atoms with Gasteiger partial charge in [-0.25, -0.2) is 15.0 Å². The minimum atomic E-state index is 0.664. The molecule has 0 aliphatic rings. The minimum absolute atomic E-state index is 0.664. The van der Waals surface area contributed by atoms with E-state index in [1.165, 1.54) is 0 Å². The van der Waals surface area contributed by atoms with Crippen LogP contribution in [0.2, 0.25) is 0 Å². The molecule has 0 spiro atoms. The van der Waals surface area contributed by atoms with E-state index in [1.807, 2.05) is 0 Å². The monoisotopic (exact) mass is 609 g/mol. The minimum Gasteiger partial charge on any atom is -0.208 e. The van der Waals surface area contributed by atoms with Crippen molar-refractivity contribution in [2.24, 2.45) is 0 Å². The average molecular weight is 610 g/mol. The van der Waals surface area contributed by atoms with Gasteiger partial charge in [0.1, 0.15) is 0 Å². The number of hydrogen-bond acceptors (Lipinski definition) is 3. The number of aromatic nitrogens is 3. The lowest BCUT2D eigenvalue weighted by Crippen LogP contribution is -2.03. The topological polar surface area (TPSA) is 38.7 Å². The molecule has 1 aromatic heterocycles. The standard InChI is InChI=1S/C45H27N3/c1-7-19-34-28(13-1)25-29-14-2-8-20-35(29)40(34)43-46-44(41-36-21-9-3-15-30(36)26-31-16-4-10-22-37(31)41)48-45(47-43)42-38-23-11-5-17-32(38)27-33-18-6-12-24-39(33)42/h1-27H. The van der Waals surface area contributed by atoms with Crippen LogP contribution in [0.15, 0.2) is 164 Å². The van der Waals surface area contributed by atoms with E-state index in [2.05, 4.69) is 164 Å². The van der Waals surface area contributed by atoms with Crippen molar-refractivity contribution in [3.8, 4) is 34.2 Å². The molecule has 0 unspecified atom stereocenters. The van der Waals surface area contributed by atoms with Crippen molar-refractivity contribution in [3.63, 3.8) is 0 Å². The Morgan fingerprint density at radius 2 is 0.417 bits per heavy atom. The normalized spacial score (nSPS) is 11.8. The highest BCUT2D eigenvalue weighted by Crippen LogP contribution is 2.41. The summed E-state index contributed by atoms with van der Waals surface area (Å²) in [6, 6.07) is 58.0. The molecule has 3 nitrogen and oxygen atoms in total. The van der Waals surface area contributed by atoms with Gasteiger partial charge in [-0.05, 0) is 82.8 Å². The Morgan fingerprint density at radius 1 is 0.229 bits per heavy atom. The fourth-order valence-electron chi connectivity index (χ4n) is 7.48. The van der Waals surface area contributed by atoms with E-state index in [-0.39, 0.29) is 0 Å². The van der Waals surface area contributed by atoms with Gasteiger partial charge in [0.05, 0.1) is 0 Å². The first kappa shape index (κ1) is 26.7. The van der Waals surface area contributed by atoms with E-state index in [9.17, 15) is 0 Å². The van der Waals surface area contributed by atoms with E-state index in [4.69, 9.17) is 15.0 Å². The first-order valence-electron chi connectivity index (χ1n) is 16.3. The molecule has 10 aromatic rings. The number of nitrogens with zero attached hydrogens (tertiary/aromatic N) is 3. The van der Waals surface area contributed by atoms with Gasteiger partial charge >= 0.3 is 0 Å². The Balaban J connectivity index is 1.41. The lowest BCUT2D eigenvalue weighted by atomic mass is 9.94. The van der Waals surface area contributed by atoms with Crippen molar-refractivity contribution in [3.05, 3.63) is 164 Å². The van der Waals surface area contributed by atoms with Crippen molar-refractivity contribution < 1.29 is 0 Å². The van der Waals surface area contributed by atoms with Crippen LogP contribution >= 0.6 is 0 Å². The predicted molar refractivity (Wildman–Crippen MR) is 201 cm³/mol. The molecule has 3 heteroatoms. The Kier molecular flexibility index (Phi) is 5.87. The maximum absolute atomic E-state index is 5.44. The molecule has 0 radical (unpaired) electrons. The van der Waals surface area contributed by atoms with Gasteiger partial charge in [0.15, 0.2) is 17.5 Å². The highest BCUT2D eigenvalue weighted by molar-refractivity contribution is 6.15. The van der Waals surface area contributed by atoms with E-state index < -0.39 is 0 Å². The number of rotatable bonds is 3. The van der Waals surface area contributed by atoms with Crippen LogP contribution in [0.1, 0.15) is 0 Å². The molecule has 0 N–H and O–H groups in total. The Hall–Kier alpha value is -6.45. The summed E-state index contributed by atoms with van der Waals surface area (Å²) in [4.78, 5) is 16.3. The molecule has 0 bridgehead atoms. The summed E-state index contributed by atoms with van der Waals surface area (Å²) in [6.07, 6.45) is 0. The zero-order valence-electron chi connectivity index (χ0n) is 25.9. The van der Waals surface area contributed by atoms with E-state index in [1.54, 1.807) is 0 Å². The second-order valence-corrected chi connectivity index (χ2v) is 12.4. The summed E-state index contributed by atoms with van der Waals surface area (Å²) in [5.41, 5.74) is 3.05. The third kappa shape index (κ3) is 4.11. The largest absolute Gasteiger partial charge is 0.208 e. The molecule has 48 heavy (non-hydrogen) atoms. The van der Waals surface area contributed by atoms with E-state index in [0.717, 1.165) is 81.3 Å². The van der Waals surface area contributed by atoms with Gasteiger partial charge in [0.25, 0.3) is 0 Å². The van der Waals surface area contributed by atoms with Gasteiger partial charge in [-0.1, -0.05) is 146 Å². The molecule has 0 saturated carbocycles.